The molecular weight excluding hydrogens is 443 g/mol. The maximum Gasteiger partial charge on any atom is 0.191 e. The lowest BCUT2D eigenvalue weighted by Crippen LogP contribution is -2.42. The number of halogens is 1. The van der Waals surface area contributed by atoms with Crippen molar-refractivity contribution in [2.24, 2.45) is 4.99 Å². The van der Waals surface area contributed by atoms with Gasteiger partial charge in [-0.3, -0.25) is 4.99 Å². The zero-order chi connectivity index (χ0) is 18.1. The third-order valence-corrected chi connectivity index (χ3v) is 4.80. The molecular formula is C18H35IN6O. The van der Waals surface area contributed by atoms with Crippen molar-refractivity contribution < 1.29 is 4.52 Å². The summed E-state index contributed by atoms with van der Waals surface area (Å²) in [4.78, 5) is 9.26. The van der Waals surface area contributed by atoms with Crippen molar-refractivity contribution in [1.82, 2.24) is 25.6 Å². The molecule has 1 fully saturated rings. The fourth-order valence-electron chi connectivity index (χ4n) is 3.19. The van der Waals surface area contributed by atoms with Gasteiger partial charge in [-0.15, -0.1) is 24.0 Å². The van der Waals surface area contributed by atoms with E-state index in [1.165, 1.54) is 25.1 Å². The molecule has 0 atom stereocenters. The molecule has 26 heavy (non-hydrogen) atoms. The Hall–Kier alpha value is -0.870. The molecule has 0 bridgehead atoms. The van der Waals surface area contributed by atoms with E-state index in [1.807, 2.05) is 7.05 Å². The topological polar surface area (TPSA) is 68.9 Å². The van der Waals surface area contributed by atoms with Crippen LogP contribution in [0.2, 0.25) is 0 Å². The van der Waals surface area contributed by atoms with Gasteiger partial charge in [-0.1, -0.05) is 19.0 Å². The lowest BCUT2D eigenvalue weighted by atomic mass is 10.1. The predicted octanol–water partition coefficient (Wildman–Crippen LogP) is 1.72. The molecule has 1 aliphatic rings. The number of nitrogens with one attached hydrogen (secondary N) is 2. The summed E-state index contributed by atoms with van der Waals surface area (Å²) in [6.07, 6.45) is 2.99. The SMILES string of the molecule is CCc1noc(CC)c1CNC(=NC)NCCN1CCCN(C)CC1.I. The van der Waals surface area contributed by atoms with Gasteiger partial charge in [0.05, 0.1) is 5.69 Å². The summed E-state index contributed by atoms with van der Waals surface area (Å²) in [7, 11) is 4.01. The number of guanidine groups is 1. The molecule has 8 heteroatoms. The summed E-state index contributed by atoms with van der Waals surface area (Å²) in [5.41, 5.74) is 2.21. The Bertz CT molecular complexity index is 526. The van der Waals surface area contributed by atoms with Gasteiger partial charge in [0.15, 0.2) is 5.96 Å². The molecule has 2 heterocycles. The lowest BCUT2D eigenvalue weighted by molar-refractivity contribution is 0.280. The normalized spacial score (nSPS) is 16.8. The van der Waals surface area contributed by atoms with Gasteiger partial charge in [-0.05, 0) is 33.0 Å². The molecule has 0 aliphatic carbocycles. The first-order chi connectivity index (χ1) is 12.2. The Morgan fingerprint density at radius 1 is 1.15 bits per heavy atom. The number of likely N-dealkylation sites (N-methyl/N-ethyl adjacent to an activating group) is 1. The second kappa shape index (κ2) is 12.5. The molecule has 1 saturated heterocycles. The van der Waals surface area contributed by atoms with Gasteiger partial charge in [-0.25, -0.2) is 0 Å². The Kier molecular flexibility index (Phi) is 11.1. The Balaban J connectivity index is 0.00000338. The van der Waals surface area contributed by atoms with E-state index in [2.05, 4.69) is 51.5 Å². The fraction of sp³-hybridized carbons (Fsp3) is 0.778. The minimum absolute atomic E-state index is 0. The van der Waals surface area contributed by atoms with Crippen LogP contribution in [0.15, 0.2) is 9.52 Å². The molecule has 0 radical (unpaired) electrons. The van der Waals surface area contributed by atoms with E-state index in [9.17, 15) is 0 Å². The number of rotatable bonds is 7. The van der Waals surface area contributed by atoms with Gasteiger partial charge < -0.3 is 25.0 Å². The van der Waals surface area contributed by atoms with Crippen LogP contribution in [0.3, 0.4) is 0 Å². The van der Waals surface area contributed by atoms with E-state index < -0.39 is 0 Å². The van der Waals surface area contributed by atoms with Crippen LogP contribution in [0.5, 0.6) is 0 Å². The number of aliphatic imine (C=N–C) groups is 1. The highest BCUT2D eigenvalue weighted by atomic mass is 127. The summed E-state index contributed by atoms with van der Waals surface area (Å²) < 4.78 is 5.42. The van der Waals surface area contributed by atoms with Crippen LogP contribution in [0.25, 0.3) is 0 Å². The largest absolute Gasteiger partial charge is 0.361 e. The molecule has 1 aliphatic heterocycles. The molecule has 0 spiro atoms. The Morgan fingerprint density at radius 2 is 1.96 bits per heavy atom. The molecule has 7 nitrogen and oxygen atoms in total. The summed E-state index contributed by atoms with van der Waals surface area (Å²) in [6, 6.07) is 0. The third kappa shape index (κ3) is 7.03. The highest BCUT2D eigenvalue weighted by Gasteiger charge is 2.14. The van der Waals surface area contributed by atoms with Crippen molar-refractivity contribution in [2.75, 3.05) is 53.4 Å². The summed E-state index contributed by atoms with van der Waals surface area (Å²) in [5.74, 6) is 1.80. The van der Waals surface area contributed by atoms with E-state index in [0.29, 0.717) is 6.54 Å². The standard InChI is InChI=1S/C18H34N6O.HI/c1-5-16-15(17(6-2)25-22-16)14-21-18(19-3)20-8-11-24-10-7-9-23(4)12-13-24;/h5-14H2,1-4H3,(H2,19,20,21);1H. The number of nitrogens with zero attached hydrogens (tertiary/aromatic N) is 4. The van der Waals surface area contributed by atoms with Crippen LogP contribution in [-0.2, 0) is 19.4 Å². The van der Waals surface area contributed by atoms with Crippen LogP contribution in [0.4, 0.5) is 0 Å². The number of hydrogen-bond donors (Lipinski definition) is 2. The van der Waals surface area contributed by atoms with E-state index in [1.54, 1.807) is 0 Å². The number of hydrogen-bond acceptors (Lipinski definition) is 5. The molecule has 2 rings (SSSR count). The van der Waals surface area contributed by atoms with Gasteiger partial charge in [0, 0.05) is 51.8 Å². The molecule has 0 aromatic carbocycles. The van der Waals surface area contributed by atoms with Crippen LogP contribution in [-0.4, -0.2) is 74.3 Å². The van der Waals surface area contributed by atoms with Gasteiger partial charge in [0.1, 0.15) is 5.76 Å². The molecule has 2 N–H and O–H groups in total. The third-order valence-electron chi connectivity index (χ3n) is 4.80. The van der Waals surface area contributed by atoms with Gasteiger partial charge in [-0.2, -0.15) is 0 Å². The zero-order valence-corrected chi connectivity index (χ0v) is 19.0. The second-order valence-corrected chi connectivity index (χ2v) is 6.59. The molecule has 0 amide bonds. The summed E-state index contributed by atoms with van der Waals surface area (Å²) in [6.45, 7) is 11.5. The molecule has 1 aromatic heterocycles. The van der Waals surface area contributed by atoms with Crippen LogP contribution in [0.1, 0.15) is 37.3 Å². The van der Waals surface area contributed by atoms with E-state index in [0.717, 1.165) is 56.4 Å². The summed E-state index contributed by atoms with van der Waals surface area (Å²) in [5, 5.41) is 11.0. The maximum absolute atomic E-state index is 5.42. The van der Waals surface area contributed by atoms with Crippen molar-refractivity contribution in [3.05, 3.63) is 17.0 Å². The molecule has 0 saturated carbocycles. The monoisotopic (exact) mass is 478 g/mol. The van der Waals surface area contributed by atoms with E-state index in [4.69, 9.17) is 4.52 Å². The quantitative estimate of drug-likeness (QED) is 0.354. The lowest BCUT2D eigenvalue weighted by Gasteiger charge is -2.21. The summed E-state index contributed by atoms with van der Waals surface area (Å²) >= 11 is 0. The Labute approximate surface area is 175 Å². The highest BCUT2D eigenvalue weighted by Crippen LogP contribution is 2.15. The zero-order valence-electron chi connectivity index (χ0n) is 16.7. The fourth-order valence-corrected chi connectivity index (χ4v) is 3.19. The minimum Gasteiger partial charge on any atom is -0.361 e. The molecule has 0 unspecified atom stereocenters. The first kappa shape index (κ1) is 23.2. The van der Waals surface area contributed by atoms with Gasteiger partial charge in [0.2, 0.25) is 0 Å². The van der Waals surface area contributed by atoms with Crippen molar-refractivity contribution >= 4 is 29.9 Å². The van der Waals surface area contributed by atoms with Crippen molar-refractivity contribution in [1.29, 1.82) is 0 Å². The molecule has 150 valence electrons. The van der Waals surface area contributed by atoms with Crippen molar-refractivity contribution in [3.63, 3.8) is 0 Å². The maximum atomic E-state index is 5.42. The van der Waals surface area contributed by atoms with Crippen LogP contribution >= 0.6 is 24.0 Å². The second-order valence-electron chi connectivity index (χ2n) is 6.59. The van der Waals surface area contributed by atoms with Crippen molar-refractivity contribution in [3.8, 4) is 0 Å². The Morgan fingerprint density at radius 3 is 2.65 bits per heavy atom. The first-order valence-corrected chi connectivity index (χ1v) is 9.49. The smallest absolute Gasteiger partial charge is 0.191 e. The van der Waals surface area contributed by atoms with Crippen LogP contribution in [0, 0.1) is 0 Å². The predicted molar refractivity (Wildman–Crippen MR) is 117 cm³/mol. The highest BCUT2D eigenvalue weighted by molar-refractivity contribution is 14.0. The number of aryl methyl sites for hydroxylation is 2. The van der Waals surface area contributed by atoms with Crippen molar-refractivity contribution in [2.45, 2.75) is 39.7 Å². The average molecular weight is 478 g/mol. The number of aromatic nitrogens is 1. The van der Waals surface area contributed by atoms with Crippen LogP contribution < -0.4 is 10.6 Å². The minimum atomic E-state index is 0. The first-order valence-electron chi connectivity index (χ1n) is 9.49. The average Bonchev–Trinajstić information content (AvgIpc) is 2.91. The molecule has 1 aromatic rings. The van der Waals surface area contributed by atoms with E-state index >= 15 is 0 Å². The van der Waals surface area contributed by atoms with Gasteiger partial charge >= 0.3 is 0 Å². The van der Waals surface area contributed by atoms with E-state index in [-0.39, 0.29) is 24.0 Å². The van der Waals surface area contributed by atoms with Gasteiger partial charge in [0.25, 0.3) is 0 Å².